The molecule has 0 heterocycles. The molecule has 0 spiro atoms. The topological polar surface area (TPSA) is 18.5 Å². The Morgan fingerprint density at radius 2 is 0.700 bits per heavy atom. The lowest BCUT2D eigenvalue weighted by Crippen LogP contribution is -2.55. The predicted molar refractivity (Wildman–Crippen MR) is 59.5 cm³/mol. The molecule has 0 fully saturated rings. The highest BCUT2D eigenvalue weighted by atomic mass is 19.4. The van der Waals surface area contributed by atoms with Crippen molar-refractivity contribution < 1.29 is 79.7 Å². The summed E-state index contributed by atoms with van der Waals surface area (Å²) in [6.07, 6.45) is -27.2. The summed E-state index contributed by atoms with van der Waals surface area (Å²) in [5.41, 5.74) is 0. The van der Waals surface area contributed by atoms with Crippen LogP contribution in [0.5, 0.6) is 11.5 Å². The molecule has 0 aliphatic heterocycles. The van der Waals surface area contributed by atoms with Crippen molar-refractivity contribution in [3.8, 4) is 11.5 Å². The van der Waals surface area contributed by atoms with Crippen LogP contribution in [0, 0.1) is 11.6 Å². The van der Waals surface area contributed by atoms with Crippen LogP contribution in [0.2, 0.25) is 0 Å². The maximum Gasteiger partial charge on any atom is 0.474 e. The first kappa shape index (κ1) is 25.7. The van der Waals surface area contributed by atoms with Crippen LogP contribution >= 0.6 is 0 Å². The van der Waals surface area contributed by atoms with E-state index in [4.69, 9.17) is 0 Å². The molecule has 0 atom stereocenters. The Hall–Kier alpha value is -2.30. The molecule has 0 aromatic heterocycles. The third-order valence-electron chi connectivity index (χ3n) is 2.91. The summed E-state index contributed by atoms with van der Waals surface area (Å²) < 4.78 is 206. The summed E-state index contributed by atoms with van der Waals surface area (Å²) >= 11 is 0. The van der Waals surface area contributed by atoms with Gasteiger partial charge in [0.05, 0.1) is 0 Å². The number of hydrogen-bond acceptors (Lipinski definition) is 2. The predicted octanol–water partition coefficient (Wildman–Crippen LogP) is 6.30. The van der Waals surface area contributed by atoms with Gasteiger partial charge in [0.15, 0.2) is 23.1 Å². The van der Waals surface area contributed by atoms with E-state index in [1.54, 1.807) is 0 Å². The smallest absolute Gasteiger partial charge is 0.425 e. The van der Waals surface area contributed by atoms with Crippen LogP contribution in [0.15, 0.2) is 12.1 Å². The van der Waals surface area contributed by atoms with Crippen molar-refractivity contribution in [2.24, 2.45) is 0 Å². The lowest BCUT2D eigenvalue weighted by atomic mass is 10.2. The summed E-state index contributed by atoms with van der Waals surface area (Å²) in [7, 11) is 0. The third-order valence-corrected chi connectivity index (χ3v) is 2.91. The second kappa shape index (κ2) is 7.14. The van der Waals surface area contributed by atoms with Gasteiger partial charge >= 0.3 is 36.4 Å². The molecule has 0 saturated heterocycles. The van der Waals surface area contributed by atoms with E-state index < -0.39 is 71.7 Å². The van der Waals surface area contributed by atoms with Gasteiger partial charge in [0.25, 0.3) is 0 Å². The standard InChI is InChI=1S/C12H2F16O2/c13-3-1-5(29-11(25,26)7(15,16)9(19,20)21)4(14)2-6(3)30-12(27,28)8(17,18)10(22,23)24/h1-2H. The zero-order valence-electron chi connectivity index (χ0n) is 13.0. The van der Waals surface area contributed by atoms with E-state index in [1.807, 2.05) is 0 Å². The maximum absolute atomic E-state index is 13.5. The van der Waals surface area contributed by atoms with E-state index in [2.05, 4.69) is 9.47 Å². The fraction of sp³-hybridized carbons (Fsp3) is 0.500. The highest BCUT2D eigenvalue weighted by molar-refractivity contribution is 5.35. The Morgan fingerprint density at radius 1 is 0.467 bits per heavy atom. The lowest BCUT2D eigenvalue weighted by molar-refractivity contribution is -0.404. The summed E-state index contributed by atoms with van der Waals surface area (Å²) in [6, 6.07) is -1.88. The fourth-order valence-electron chi connectivity index (χ4n) is 1.40. The molecule has 1 aromatic carbocycles. The number of alkyl halides is 14. The van der Waals surface area contributed by atoms with Crippen LogP contribution in [0.25, 0.3) is 0 Å². The van der Waals surface area contributed by atoms with Gasteiger partial charge in [-0.15, -0.1) is 0 Å². The zero-order valence-corrected chi connectivity index (χ0v) is 13.0. The van der Waals surface area contributed by atoms with Gasteiger partial charge in [-0.05, 0) is 0 Å². The number of halogens is 16. The molecule has 0 aliphatic rings. The average molecular weight is 482 g/mol. The Balaban J connectivity index is 3.29. The number of hydrogen-bond donors (Lipinski definition) is 0. The van der Waals surface area contributed by atoms with Crippen LogP contribution in [0.3, 0.4) is 0 Å². The van der Waals surface area contributed by atoms with Gasteiger partial charge in [-0.3, -0.25) is 0 Å². The molecule has 0 amide bonds. The summed E-state index contributed by atoms with van der Waals surface area (Å²) in [4.78, 5) is 0. The van der Waals surface area contributed by atoms with Gasteiger partial charge in [-0.25, -0.2) is 8.78 Å². The van der Waals surface area contributed by atoms with Crippen molar-refractivity contribution in [2.75, 3.05) is 0 Å². The number of ether oxygens (including phenoxy) is 2. The SMILES string of the molecule is Fc1cc(OC(F)(F)C(F)(F)C(F)(F)F)c(F)cc1OC(F)(F)C(F)(F)C(F)(F)F. The van der Waals surface area contributed by atoms with Gasteiger partial charge < -0.3 is 9.47 Å². The Kier molecular flexibility index (Phi) is 6.12. The van der Waals surface area contributed by atoms with Crippen LogP contribution in [0.4, 0.5) is 70.2 Å². The Morgan fingerprint density at radius 3 is 0.900 bits per heavy atom. The molecule has 0 aliphatic carbocycles. The largest absolute Gasteiger partial charge is 0.474 e. The van der Waals surface area contributed by atoms with Crippen molar-refractivity contribution >= 4 is 0 Å². The molecular weight excluding hydrogens is 480 g/mol. The molecule has 0 unspecified atom stereocenters. The monoisotopic (exact) mass is 482 g/mol. The van der Waals surface area contributed by atoms with Gasteiger partial charge in [0.2, 0.25) is 0 Å². The van der Waals surface area contributed by atoms with Gasteiger partial charge in [0, 0.05) is 12.1 Å². The molecule has 1 aromatic rings. The molecule has 0 bridgehead atoms. The molecule has 0 N–H and O–H groups in total. The summed E-state index contributed by atoms with van der Waals surface area (Å²) in [5, 5.41) is 0. The molecule has 2 nitrogen and oxygen atoms in total. The van der Waals surface area contributed by atoms with E-state index in [0.29, 0.717) is 0 Å². The lowest BCUT2D eigenvalue weighted by Gasteiger charge is -2.29. The van der Waals surface area contributed by atoms with E-state index in [0.717, 1.165) is 0 Å². The van der Waals surface area contributed by atoms with Crippen LogP contribution in [-0.4, -0.2) is 36.4 Å². The minimum Gasteiger partial charge on any atom is -0.425 e. The quantitative estimate of drug-likeness (QED) is 0.443. The summed E-state index contributed by atoms with van der Waals surface area (Å²) in [6.45, 7) is 0. The van der Waals surface area contributed by atoms with E-state index in [1.165, 1.54) is 0 Å². The van der Waals surface area contributed by atoms with E-state index in [-0.39, 0.29) is 0 Å². The van der Waals surface area contributed by atoms with E-state index in [9.17, 15) is 70.2 Å². The van der Waals surface area contributed by atoms with Gasteiger partial charge in [-0.1, -0.05) is 0 Å². The molecule has 30 heavy (non-hydrogen) atoms. The van der Waals surface area contributed by atoms with Crippen molar-refractivity contribution in [1.82, 2.24) is 0 Å². The fourth-order valence-corrected chi connectivity index (χ4v) is 1.40. The minimum absolute atomic E-state index is 0.938. The highest BCUT2D eigenvalue weighted by Gasteiger charge is 2.77. The molecule has 0 radical (unpaired) electrons. The molecule has 1 rings (SSSR count). The molecule has 18 heteroatoms. The van der Waals surface area contributed by atoms with E-state index >= 15 is 0 Å². The number of benzene rings is 1. The Labute approximate surface area is 152 Å². The second-order valence-electron chi connectivity index (χ2n) is 5.10. The normalized spacial score (nSPS) is 14.7. The molecular formula is C12H2F16O2. The summed E-state index contributed by atoms with van der Waals surface area (Å²) in [5.74, 6) is -24.3. The maximum atomic E-state index is 13.5. The van der Waals surface area contributed by atoms with Crippen molar-refractivity contribution in [2.45, 2.75) is 36.4 Å². The van der Waals surface area contributed by atoms with Crippen molar-refractivity contribution in [1.29, 1.82) is 0 Å². The highest BCUT2D eigenvalue weighted by Crippen LogP contribution is 2.49. The third kappa shape index (κ3) is 4.40. The first-order valence-electron chi connectivity index (χ1n) is 6.49. The van der Waals surface area contributed by atoms with Crippen LogP contribution in [0.1, 0.15) is 0 Å². The van der Waals surface area contributed by atoms with Crippen molar-refractivity contribution in [3.05, 3.63) is 23.8 Å². The van der Waals surface area contributed by atoms with Gasteiger partial charge in [0.1, 0.15) is 0 Å². The second-order valence-corrected chi connectivity index (χ2v) is 5.10. The minimum atomic E-state index is -6.99. The zero-order chi connectivity index (χ0) is 24.1. The van der Waals surface area contributed by atoms with Crippen molar-refractivity contribution in [3.63, 3.8) is 0 Å². The van der Waals surface area contributed by atoms with Crippen LogP contribution < -0.4 is 9.47 Å². The molecule has 174 valence electrons. The first-order valence-corrected chi connectivity index (χ1v) is 6.49. The first-order chi connectivity index (χ1) is 13.0. The number of rotatable bonds is 6. The Bertz CT molecular complexity index is 712. The van der Waals surface area contributed by atoms with Crippen LogP contribution in [-0.2, 0) is 0 Å². The molecule has 0 saturated carbocycles. The van der Waals surface area contributed by atoms with Gasteiger partial charge in [-0.2, -0.15) is 61.5 Å². The average Bonchev–Trinajstić information content (AvgIpc) is 2.49.